The minimum Gasteiger partial charge on any atom is -0.383 e. The third kappa shape index (κ3) is 5.06. The first-order valence-corrected chi connectivity index (χ1v) is 7.33. The number of hydrogen-bond donors (Lipinski definition) is 0. The smallest absolute Gasteiger partial charge is 0.137 e. The Balaban J connectivity index is 3.05. The van der Waals surface area contributed by atoms with E-state index in [0.717, 1.165) is 16.2 Å². The quantitative estimate of drug-likeness (QED) is 0.745. The maximum Gasteiger partial charge on any atom is 0.137 e. The number of anilines is 1. The summed E-state index contributed by atoms with van der Waals surface area (Å²) in [5.41, 5.74) is -0.124. The van der Waals surface area contributed by atoms with Gasteiger partial charge in [-0.2, -0.15) is 5.26 Å². The molecular weight excluding hydrogens is 320 g/mol. The van der Waals surface area contributed by atoms with Crippen LogP contribution in [0, 0.1) is 11.3 Å². The summed E-state index contributed by atoms with van der Waals surface area (Å²) < 4.78 is 5.88. The zero-order valence-electron chi connectivity index (χ0n) is 12.5. The van der Waals surface area contributed by atoms with Crippen molar-refractivity contribution in [3.05, 3.63) is 16.5 Å². The van der Waals surface area contributed by atoms with Crippen molar-refractivity contribution in [2.45, 2.75) is 32.6 Å². The minimum atomic E-state index is -0.124. The number of nitrogens with zero attached hydrogens (tertiary/aromatic N) is 4. The molecule has 0 atom stereocenters. The molecule has 1 aromatic heterocycles. The second-order valence-corrected chi connectivity index (χ2v) is 6.32. The predicted octanol–water partition coefficient (Wildman–Crippen LogP) is 2.90. The number of nitriles is 1. The maximum absolute atomic E-state index is 8.78. The summed E-state index contributed by atoms with van der Waals surface area (Å²) in [7, 11) is 1.67. The molecule has 0 amide bonds. The van der Waals surface area contributed by atoms with E-state index in [1.165, 1.54) is 0 Å². The van der Waals surface area contributed by atoms with E-state index in [1.807, 2.05) is 6.07 Å². The van der Waals surface area contributed by atoms with Crippen LogP contribution in [0.4, 0.5) is 5.82 Å². The third-order valence-corrected chi connectivity index (χ3v) is 3.14. The highest BCUT2D eigenvalue weighted by molar-refractivity contribution is 9.10. The molecule has 0 saturated carbocycles. The van der Waals surface area contributed by atoms with Crippen LogP contribution in [0.2, 0.25) is 0 Å². The standard InChI is InChI=1S/C14H21BrN4O/c1-14(2,3)13-17-11(15)10-12(18-13)19(7-5-6-16)8-9-20-4/h10H,5,7-9H2,1-4H3. The van der Waals surface area contributed by atoms with E-state index < -0.39 is 0 Å². The largest absolute Gasteiger partial charge is 0.383 e. The summed E-state index contributed by atoms with van der Waals surface area (Å²) in [6, 6.07) is 4.04. The molecule has 0 aromatic carbocycles. The predicted molar refractivity (Wildman–Crippen MR) is 82.8 cm³/mol. The van der Waals surface area contributed by atoms with Gasteiger partial charge < -0.3 is 9.64 Å². The summed E-state index contributed by atoms with van der Waals surface area (Å²) in [6.07, 6.45) is 0.455. The Morgan fingerprint density at radius 1 is 1.35 bits per heavy atom. The van der Waals surface area contributed by atoms with Gasteiger partial charge in [0.25, 0.3) is 0 Å². The molecule has 0 aliphatic heterocycles. The van der Waals surface area contributed by atoms with Crippen molar-refractivity contribution in [3.8, 4) is 6.07 Å². The number of halogens is 1. The molecule has 20 heavy (non-hydrogen) atoms. The van der Waals surface area contributed by atoms with E-state index in [-0.39, 0.29) is 5.41 Å². The van der Waals surface area contributed by atoms with Crippen LogP contribution in [-0.4, -0.2) is 36.8 Å². The Labute approximate surface area is 129 Å². The van der Waals surface area contributed by atoms with Crippen molar-refractivity contribution in [2.24, 2.45) is 0 Å². The molecule has 0 spiro atoms. The Kier molecular flexibility index (Phi) is 6.37. The van der Waals surface area contributed by atoms with Gasteiger partial charge in [0.2, 0.25) is 0 Å². The number of methoxy groups -OCH3 is 1. The van der Waals surface area contributed by atoms with Crippen LogP contribution in [-0.2, 0) is 10.2 Å². The van der Waals surface area contributed by atoms with Crippen LogP contribution < -0.4 is 4.90 Å². The molecule has 0 aliphatic carbocycles. The fourth-order valence-corrected chi connectivity index (χ4v) is 2.00. The van der Waals surface area contributed by atoms with Gasteiger partial charge >= 0.3 is 0 Å². The van der Waals surface area contributed by atoms with Crippen LogP contribution in [0.25, 0.3) is 0 Å². The minimum absolute atomic E-state index is 0.124. The van der Waals surface area contributed by atoms with Gasteiger partial charge in [-0.3, -0.25) is 0 Å². The summed E-state index contributed by atoms with van der Waals surface area (Å²) in [6.45, 7) is 8.16. The molecule has 1 rings (SSSR count). The molecule has 0 unspecified atom stereocenters. The molecule has 5 nitrogen and oxygen atoms in total. The lowest BCUT2D eigenvalue weighted by atomic mass is 9.96. The fraction of sp³-hybridized carbons (Fsp3) is 0.643. The monoisotopic (exact) mass is 340 g/mol. The van der Waals surface area contributed by atoms with E-state index in [0.29, 0.717) is 26.1 Å². The molecule has 0 radical (unpaired) electrons. The first-order chi connectivity index (χ1) is 9.38. The van der Waals surface area contributed by atoms with Gasteiger partial charge in [0.05, 0.1) is 19.1 Å². The average molecular weight is 341 g/mol. The van der Waals surface area contributed by atoms with Crippen LogP contribution >= 0.6 is 15.9 Å². The van der Waals surface area contributed by atoms with Crippen LogP contribution in [0.15, 0.2) is 10.7 Å². The van der Waals surface area contributed by atoms with Crippen molar-refractivity contribution in [3.63, 3.8) is 0 Å². The van der Waals surface area contributed by atoms with Gasteiger partial charge in [-0.1, -0.05) is 20.8 Å². The van der Waals surface area contributed by atoms with E-state index in [2.05, 4.69) is 57.6 Å². The molecular formula is C14H21BrN4O. The van der Waals surface area contributed by atoms with Gasteiger partial charge in [0, 0.05) is 31.7 Å². The Hall–Kier alpha value is -1.19. The van der Waals surface area contributed by atoms with E-state index in [9.17, 15) is 0 Å². The molecule has 1 heterocycles. The normalized spacial score (nSPS) is 11.2. The third-order valence-electron chi connectivity index (χ3n) is 2.74. The van der Waals surface area contributed by atoms with Crippen molar-refractivity contribution < 1.29 is 4.74 Å². The van der Waals surface area contributed by atoms with E-state index in [4.69, 9.17) is 10.00 Å². The highest BCUT2D eigenvalue weighted by atomic mass is 79.9. The van der Waals surface area contributed by atoms with Gasteiger partial charge in [-0.05, 0) is 15.9 Å². The van der Waals surface area contributed by atoms with Crippen LogP contribution in [0.3, 0.4) is 0 Å². The lowest BCUT2D eigenvalue weighted by Crippen LogP contribution is -2.30. The highest BCUT2D eigenvalue weighted by Gasteiger charge is 2.20. The number of hydrogen-bond acceptors (Lipinski definition) is 5. The van der Waals surface area contributed by atoms with Gasteiger partial charge in [0.1, 0.15) is 16.2 Å². The molecule has 0 saturated heterocycles. The molecule has 1 aromatic rings. The van der Waals surface area contributed by atoms with E-state index >= 15 is 0 Å². The van der Waals surface area contributed by atoms with E-state index in [1.54, 1.807) is 7.11 Å². The van der Waals surface area contributed by atoms with Crippen LogP contribution in [0.1, 0.15) is 33.0 Å². The molecule has 0 fully saturated rings. The van der Waals surface area contributed by atoms with Gasteiger partial charge in [-0.15, -0.1) is 0 Å². The van der Waals surface area contributed by atoms with Crippen molar-refractivity contribution in [1.82, 2.24) is 9.97 Å². The van der Waals surface area contributed by atoms with Crippen molar-refractivity contribution in [1.29, 1.82) is 5.26 Å². The molecule has 0 aliphatic rings. The van der Waals surface area contributed by atoms with Gasteiger partial charge in [0.15, 0.2) is 0 Å². The number of ether oxygens (including phenoxy) is 1. The Bertz CT molecular complexity index is 479. The highest BCUT2D eigenvalue weighted by Crippen LogP contribution is 2.24. The molecule has 0 bridgehead atoms. The molecule has 110 valence electrons. The first-order valence-electron chi connectivity index (χ1n) is 6.54. The Morgan fingerprint density at radius 2 is 2.05 bits per heavy atom. The zero-order valence-corrected chi connectivity index (χ0v) is 14.1. The lowest BCUT2D eigenvalue weighted by Gasteiger charge is -2.25. The summed E-state index contributed by atoms with van der Waals surface area (Å²) in [5, 5.41) is 8.78. The second-order valence-electron chi connectivity index (χ2n) is 5.51. The van der Waals surface area contributed by atoms with Crippen molar-refractivity contribution >= 4 is 21.7 Å². The fourth-order valence-electron chi connectivity index (χ4n) is 1.63. The maximum atomic E-state index is 8.78. The zero-order chi connectivity index (χ0) is 15.2. The summed E-state index contributed by atoms with van der Waals surface area (Å²) in [4.78, 5) is 11.1. The van der Waals surface area contributed by atoms with Gasteiger partial charge in [-0.25, -0.2) is 9.97 Å². The number of rotatable bonds is 6. The SMILES string of the molecule is COCCN(CCC#N)c1cc(Br)nc(C(C)(C)C)n1. The van der Waals surface area contributed by atoms with Crippen LogP contribution in [0.5, 0.6) is 0 Å². The second kappa shape index (κ2) is 7.55. The lowest BCUT2D eigenvalue weighted by molar-refractivity contribution is 0.205. The Morgan fingerprint density at radius 3 is 2.60 bits per heavy atom. The first kappa shape index (κ1) is 16.9. The average Bonchev–Trinajstić information content (AvgIpc) is 2.37. The summed E-state index contributed by atoms with van der Waals surface area (Å²) >= 11 is 3.44. The van der Waals surface area contributed by atoms with Crippen molar-refractivity contribution in [2.75, 3.05) is 31.7 Å². The molecule has 6 heteroatoms. The topological polar surface area (TPSA) is 62.0 Å². The summed E-state index contributed by atoms with van der Waals surface area (Å²) in [5.74, 6) is 1.60. The molecule has 0 N–H and O–H groups in total. The number of aromatic nitrogens is 2.